The Balaban J connectivity index is 1.81. The zero-order chi connectivity index (χ0) is 17.6. The van der Waals surface area contributed by atoms with E-state index in [1.54, 1.807) is 29.2 Å². The van der Waals surface area contributed by atoms with Crippen molar-refractivity contribution in [1.29, 1.82) is 0 Å². The van der Waals surface area contributed by atoms with E-state index in [9.17, 15) is 14.6 Å². The molecule has 0 bridgehead atoms. The second-order valence-electron chi connectivity index (χ2n) is 5.49. The van der Waals surface area contributed by atoms with E-state index in [4.69, 9.17) is 11.6 Å². The molecule has 5 nitrogen and oxygen atoms in total. The Morgan fingerprint density at radius 3 is 2.56 bits per heavy atom. The van der Waals surface area contributed by atoms with Gasteiger partial charge in [0.2, 0.25) is 0 Å². The number of phenols is 2. The summed E-state index contributed by atoms with van der Waals surface area (Å²) in [5, 5.41) is 24.4. The van der Waals surface area contributed by atoms with Crippen molar-refractivity contribution >= 4 is 22.5 Å². The van der Waals surface area contributed by atoms with Crippen LogP contribution >= 0.6 is 11.6 Å². The molecule has 2 aromatic carbocycles. The lowest BCUT2D eigenvalue weighted by atomic mass is 10.1. The van der Waals surface area contributed by atoms with Crippen molar-refractivity contribution in [3.05, 3.63) is 65.7 Å². The van der Waals surface area contributed by atoms with Crippen molar-refractivity contribution < 1.29 is 14.6 Å². The number of halogens is 2. The molecule has 0 radical (unpaired) electrons. The third-order valence-electron chi connectivity index (χ3n) is 3.87. The number of rotatable bonds is 2. The minimum Gasteiger partial charge on any atom is -0.506 e. The minimum absolute atomic E-state index is 0.00966. The molecule has 2 aromatic heterocycles. The molecule has 0 atom stereocenters. The summed E-state index contributed by atoms with van der Waals surface area (Å²) in [6.07, 6.45) is 3.29. The van der Waals surface area contributed by atoms with Crippen molar-refractivity contribution in [3.63, 3.8) is 0 Å². The van der Waals surface area contributed by atoms with E-state index >= 15 is 0 Å². The van der Waals surface area contributed by atoms with Crippen LogP contribution in [-0.2, 0) is 0 Å². The fourth-order valence-corrected chi connectivity index (χ4v) is 2.77. The Hall–Kier alpha value is -3.12. The van der Waals surface area contributed by atoms with E-state index in [0.29, 0.717) is 16.9 Å². The third kappa shape index (κ3) is 2.66. The van der Waals surface area contributed by atoms with Gasteiger partial charge in [0, 0.05) is 17.0 Å². The number of aromatic hydroxyl groups is 2. The molecule has 0 aliphatic rings. The summed E-state index contributed by atoms with van der Waals surface area (Å²) in [6.45, 7) is 0. The van der Waals surface area contributed by atoms with Crippen molar-refractivity contribution in [3.8, 4) is 28.4 Å². The van der Waals surface area contributed by atoms with Gasteiger partial charge in [-0.25, -0.2) is 9.07 Å². The monoisotopic (exact) mass is 355 g/mol. The van der Waals surface area contributed by atoms with E-state index in [1.165, 1.54) is 24.3 Å². The number of hydrogen-bond donors (Lipinski definition) is 2. The average molecular weight is 356 g/mol. The maximum absolute atomic E-state index is 13.2. The predicted octanol–water partition coefficient (Wildman–Crippen LogP) is 4.29. The van der Waals surface area contributed by atoms with Gasteiger partial charge in [-0.05, 0) is 36.4 Å². The van der Waals surface area contributed by atoms with Gasteiger partial charge in [0.25, 0.3) is 0 Å². The van der Waals surface area contributed by atoms with E-state index in [1.807, 2.05) is 6.07 Å². The molecule has 2 heterocycles. The fourth-order valence-electron chi connectivity index (χ4n) is 2.59. The van der Waals surface area contributed by atoms with Gasteiger partial charge in [0.1, 0.15) is 5.75 Å². The Kier molecular flexibility index (Phi) is 3.54. The Labute approximate surface area is 146 Å². The number of hydrogen-bond acceptors (Lipinski definition) is 4. The summed E-state index contributed by atoms with van der Waals surface area (Å²) in [7, 11) is 0. The number of aromatic nitrogens is 3. The quantitative estimate of drug-likeness (QED) is 0.562. The largest absolute Gasteiger partial charge is 0.506 e. The van der Waals surface area contributed by atoms with Crippen LogP contribution in [0.25, 0.3) is 27.8 Å². The van der Waals surface area contributed by atoms with E-state index in [-0.39, 0.29) is 10.8 Å². The number of phenolic OH excluding ortho intramolecular Hbond substituents is 2. The van der Waals surface area contributed by atoms with E-state index < -0.39 is 11.6 Å². The Morgan fingerprint density at radius 2 is 1.80 bits per heavy atom. The van der Waals surface area contributed by atoms with Crippen LogP contribution in [0, 0.1) is 5.82 Å². The van der Waals surface area contributed by atoms with Gasteiger partial charge >= 0.3 is 0 Å². The summed E-state index contributed by atoms with van der Waals surface area (Å²) in [5.74, 6) is -1.12. The maximum atomic E-state index is 13.2. The molecule has 7 heteroatoms. The standard InChI is InChI=1S/C18H11ClFN3O2/c19-13-5-10(1-4-17(13)24)15-6-11-8-22-23(16(11)9-21-15)12-2-3-14(20)18(25)7-12/h1-9,24-25H. The molecule has 0 spiro atoms. The number of pyridine rings is 1. The SMILES string of the molecule is Oc1cc(-n2ncc3cc(-c4ccc(O)c(Cl)c4)ncc32)ccc1F. The van der Waals surface area contributed by atoms with E-state index in [0.717, 1.165) is 10.9 Å². The molecule has 4 rings (SSSR count). The van der Waals surface area contributed by atoms with Gasteiger partial charge in [-0.1, -0.05) is 11.6 Å². The molecule has 0 aliphatic carbocycles. The second-order valence-corrected chi connectivity index (χ2v) is 5.89. The highest BCUT2D eigenvalue weighted by atomic mass is 35.5. The van der Waals surface area contributed by atoms with Crippen LogP contribution in [0.15, 0.2) is 54.9 Å². The topological polar surface area (TPSA) is 71.2 Å². The van der Waals surface area contributed by atoms with Gasteiger partial charge in [-0.2, -0.15) is 5.10 Å². The van der Waals surface area contributed by atoms with Gasteiger partial charge in [0.15, 0.2) is 11.6 Å². The number of nitrogens with zero attached hydrogens (tertiary/aromatic N) is 3. The maximum Gasteiger partial charge on any atom is 0.164 e. The summed E-state index contributed by atoms with van der Waals surface area (Å²) in [6, 6.07) is 10.7. The van der Waals surface area contributed by atoms with Gasteiger partial charge in [-0.15, -0.1) is 0 Å². The first-order chi connectivity index (χ1) is 12.0. The van der Waals surface area contributed by atoms with Gasteiger partial charge in [-0.3, -0.25) is 4.98 Å². The highest BCUT2D eigenvalue weighted by molar-refractivity contribution is 6.32. The Morgan fingerprint density at radius 1 is 0.960 bits per heavy atom. The van der Waals surface area contributed by atoms with Crippen LogP contribution in [0.2, 0.25) is 5.02 Å². The molecule has 0 amide bonds. The minimum atomic E-state index is -0.690. The van der Waals surface area contributed by atoms with Crippen molar-refractivity contribution in [2.75, 3.05) is 0 Å². The smallest absolute Gasteiger partial charge is 0.164 e. The van der Waals surface area contributed by atoms with Crippen molar-refractivity contribution in [2.24, 2.45) is 0 Å². The van der Waals surface area contributed by atoms with Crippen molar-refractivity contribution in [1.82, 2.24) is 14.8 Å². The molecule has 0 unspecified atom stereocenters. The first kappa shape index (κ1) is 15.4. The second kappa shape index (κ2) is 5.75. The fraction of sp³-hybridized carbons (Fsp3) is 0. The molecular weight excluding hydrogens is 345 g/mol. The van der Waals surface area contributed by atoms with Gasteiger partial charge in [0.05, 0.1) is 34.3 Å². The zero-order valence-corrected chi connectivity index (χ0v) is 13.4. The van der Waals surface area contributed by atoms with Crippen LogP contribution in [-0.4, -0.2) is 25.0 Å². The molecule has 0 saturated carbocycles. The molecule has 0 fully saturated rings. The average Bonchev–Trinajstić information content (AvgIpc) is 3.03. The number of benzene rings is 2. The number of fused-ring (bicyclic) bond motifs is 1. The summed E-state index contributed by atoms with van der Waals surface area (Å²) in [5.41, 5.74) is 2.67. The third-order valence-corrected chi connectivity index (χ3v) is 4.17. The lowest BCUT2D eigenvalue weighted by Crippen LogP contribution is -1.96. The lowest BCUT2D eigenvalue weighted by Gasteiger charge is -2.06. The highest BCUT2D eigenvalue weighted by Crippen LogP contribution is 2.30. The van der Waals surface area contributed by atoms with Crippen LogP contribution in [0.4, 0.5) is 4.39 Å². The highest BCUT2D eigenvalue weighted by Gasteiger charge is 2.11. The summed E-state index contributed by atoms with van der Waals surface area (Å²) >= 11 is 5.95. The van der Waals surface area contributed by atoms with Crippen LogP contribution < -0.4 is 0 Å². The lowest BCUT2D eigenvalue weighted by molar-refractivity contribution is 0.432. The first-order valence-electron chi connectivity index (χ1n) is 7.34. The Bertz CT molecular complexity index is 1110. The first-order valence-corrected chi connectivity index (χ1v) is 7.72. The molecular formula is C18H11ClFN3O2. The van der Waals surface area contributed by atoms with Crippen LogP contribution in [0.1, 0.15) is 0 Å². The predicted molar refractivity (Wildman–Crippen MR) is 92.6 cm³/mol. The molecule has 0 aliphatic heterocycles. The normalized spacial score (nSPS) is 11.1. The summed E-state index contributed by atoms with van der Waals surface area (Å²) < 4.78 is 14.8. The van der Waals surface area contributed by atoms with Crippen LogP contribution in [0.3, 0.4) is 0 Å². The summed E-state index contributed by atoms with van der Waals surface area (Å²) in [4.78, 5) is 4.41. The van der Waals surface area contributed by atoms with Crippen LogP contribution in [0.5, 0.6) is 11.5 Å². The van der Waals surface area contributed by atoms with Crippen molar-refractivity contribution in [2.45, 2.75) is 0 Å². The molecule has 124 valence electrons. The molecule has 25 heavy (non-hydrogen) atoms. The zero-order valence-electron chi connectivity index (χ0n) is 12.7. The van der Waals surface area contributed by atoms with Gasteiger partial charge < -0.3 is 10.2 Å². The molecule has 4 aromatic rings. The van der Waals surface area contributed by atoms with E-state index in [2.05, 4.69) is 10.1 Å². The molecule has 0 saturated heterocycles. The molecule has 2 N–H and O–H groups in total.